The molecule has 2 aliphatic heterocycles. The van der Waals surface area contributed by atoms with Crippen molar-refractivity contribution in [1.29, 1.82) is 0 Å². The Labute approximate surface area is 119 Å². The van der Waals surface area contributed by atoms with Crippen LogP contribution in [-0.4, -0.2) is 27.7 Å². The number of fused-ring (bicyclic) bond motifs is 1. The normalized spacial score (nSPS) is 36.8. The van der Waals surface area contributed by atoms with Crippen molar-refractivity contribution < 1.29 is 13.7 Å². The lowest BCUT2D eigenvalue weighted by molar-refractivity contribution is -0.140. The maximum absolute atomic E-state index is 13.0. The second-order valence-electron chi connectivity index (χ2n) is 5.61. The number of cyclic esters (lactones) is 1. The predicted octanol–water partition coefficient (Wildman–Crippen LogP) is 2.22. The first-order valence-electron chi connectivity index (χ1n) is 6.49. The number of hydrogen-bond acceptors (Lipinski definition) is 5. The number of esters is 1. The molecular formula is C14H16N2O3S. The molecule has 2 heterocycles. The van der Waals surface area contributed by atoms with E-state index in [2.05, 4.69) is 10.2 Å². The molecule has 0 N–H and O–H groups in total. The minimum Gasteiger partial charge on any atom is -0.462 e. The molecule has 0 saturated carbocycles. The van der Waals surface area contributed by atoms with Crippen LogP contribution in [-0.2, 0) is 20.3 Å². The Morgan fingerprint density at radius 3 is 2.65 bits per heavy atom. The average Bonchev–Trinajstić information content (AvgIpc) is 2.85. The van der Waals surface area contributed by atoms with E-state index < -0.39 is 27.1 Å². The van der Waals surface area contributed by atoms with Crippen LogP contribution in [0.5, 0.6) is 0 Å². The minimum absolute atomic E-state index is 0.191. The topological polar surface area (TPSA) is 68.1 Å². The highest BCUT2D eigenvalue weighted by molar-refractivity contribution is 7.87. The van der Waals surface area contributed by atoms with Gasteiger partial charge in [-0.3, -0.25) is 4.21 Å². The van der Waals surface area contributed by atoms with E-state index in [-0.39, 0.29) is 12.6 Å². The van der Waals surface area contributed by atoms with Crippen molar-refractivity contribution in [1.82, 2.24) is 0 Å². The molecule has 20 heavy (non-hydrogen) atoms. The van der Waals surface area contributed by atoms with Crippen molar-refractivity contribution in [2.24, 2.45) is 15.6 Å². The molecule has 0 spiro atoms. The van der Waals surface area contributed by atoms with Gasteiger partial charge in [0.2, 0.25) is 0 Å². The third-order valence-corrected chi connectivity index (χ3v) is 6.30. The number of carbonyl (C=O) groups excluding carboxylic acids is 1. The van der Waals surface area contributed by atoms with E-state index in [1.165, 1.54) is 0 Å². The first kappa shape index (κ1) is 13.4. The van der Waals surface area contributed by atoms with Crippen LogP contribution in [0.3, 0.4) is 0 Å². The van der Waals surface area contributed by atoms with Crippen molar-refractivity contribution in [3.05, 3.63) is 29.8 Å². The summed E-state index contributed by atoms with van der Waals surface area (Å²) in [5, 5.41) is 8.22. The van der Waals surface area contributed by atoms with E-state index in [0.717, 1.165) is 5.56 Å². The van der Waals surface area contributed by atoms with Crippen molar-refractivity contribution >= 4 is 16.8 Å². The lowest BCUT2D eigenvalue weighted by Crippen LogP contribution is -2.50. The number of rotatable bonds is 2. The molecule has 0 amide bonds. The molecule has 0 aliphatic carbocycles. The van der Waals surface area contributed by atoms with Crippen LogP contribution in [0.4, 0.5) is 0 Å². The van der Waals surface area contributed by atoms with Gasteiger partial charge in [-0.05, 0) is 26.0 Å². The molecule has 3 rings (SSSR count). The number of aryl methyl sites for hydroxylation is 1. The van der Waals surface area contributed by atoms with Gasteiger partial charge < -0.3 is 4.74 Å². The van der Waals surface area contributed by atoms with Gasteiger partial charge in [-0.2, -0.15) is 10.2 Å². The molecule has 1 aromatic carbocycles. The molecule has 1 saturated heterocycles. The van der Waals surface area contributed by atoms with Gasteiger partial charge in [-0.15, -0.1) is 0 Å². The largest absolute Gasteiger partial charge is 0.462 e. The summed E-state index contributed by atoms with van der Waals surface area (Å²) in [6, 6.07) is 7.09. The van der Waals surface area contributed by atoms with Crippen LogP contribution < -0.4 is 0 Å². The zero-order valence-electron chi connectivity index (χ0n) is 11.6. The summed E-state index contributed by atoms with van der Waals surface area (Å²) in [5.74, 6) is -0.535. The van der Waals surface area contributed by atoms with Gasteiger partial charge in [-0.1, -0.05) is 24.6 Å². The number of hydrogen-bond donors (Lipinski definition) is 0. The standard InChI is InChI=1S/C14H16N2O3S/c1-9-4-6-11(7-5-9)20(18)14-12(17)19-8-13(14,3)10(2)15-16-14/h4-7,10H,8H2,1-3H3/t10-,13-,14+,20+/m1/s1. The van der Waals surface area contributed by atoms with Crippen molar-refractivity contribution in [3.8, 4) is 0 Å². The summed E-state index contributed by atoms with van der Waals surface area (Å²) in [6.07, 6.45) is 0. The summed E-state index contributed by atoms with van der Waals surface area (Å²) in [6.45, 7) is 5.90. The quantitative estimate of drug-likeness (QED) is 0.785. The van der Waals surface area contributed by atoms with Crippen molar-refractivity contribution in [2.75, 3.05) is 6.61 Å². The molecule has 1 aromatic rings. The number of carbonyl (C=O) groups is 1. The average molecular weight is 292 g/mol. The molecule has 1 fully saturated rings. The Balaban J connectivity index is 2.11. The Kier molecular flexibility index (Phi) is 2.83. The maximum Gasteiger partial charge on any atom is 0.350 e. The molecular weight excluding hydrogens is 276 g/mol. The Hall–Kier alpha value is -1.56. The molecule has 0 bridgehead atoms. The summed E-state index contributed by atoms with van der Waals surface area (Å²) in [7, 11) is -1.62. The molecule has 0 unspecified atom stereocenters. The van der Waals surface area contributed by atoms with Gasteiger partial charge in [0.25, 0.3) is 4.87 Å². The second-order valence-corrected chi connectivity index (χ2v) is 7.21. The molecule has 0 radical (unpaired) electrons. The molecule has 0 aromatic heterocycles. The van der Waals surface area contributed by atoms with E-state index >= 15 is 0 Å². The minimum atomic E-state index is -1.62. The van der Waals surface area contributed by atoms with Gasteiger partial charge in [0, 0.05) is 4.90 Å². The zero-order valence-corrected chi connectivity index (χ0v) is 12.4. The highest BCUT2D eigenvalue weighted by Crippen LogP contribution is 2.53. The summed E-state index contributed by atoms with van der Waals surface area (Å²) in [4.78, 5) is 11.4. The molecule has 4 atom stereocenters. The monoisotopic (exact) mass is 292 g/mol. The van der Waals surface area contributed by atoms with Gasteiger partial charge in [-0.25, -0.2) is 4.79 Å². The zero-order chi connectivity index (χ0) is 14.5. The van der Waals surface area contributed by atoms with E-state index in [4.69, 9.17) is 4.74 Å². The first-order valence-corrected chi connectivity index (χ1v) is 7.64. The molecule has 106 valence electrons. The highest BCUT2D eigenvalue weighted by atomic mass is 32.2. The van der Waals surface area contributed by atoms with E-state index in [9.17, 15) is 9.00 Å². The van der Waals surface area contributed by atoms with Crippen LogP contribution >= 0.6 is 0 Å². The van der Waals surface area contributed by atoms with Gasteiger partial charge in [0.1, 0.15) is 6.61 Å². The van der Waals surface area contributed by atoms with E-state index in [1.807, 2.05) is 32.9 Å². The second kappa shape index (κ2) is 4.22. The third-order valence-electron chi connectivity index (χ3n) is 4.35. The summed E-state index contributed by atoms with van der Waals surface area (Å²) in [5.41, 5.74) is 0.418. The lowest BCUT2D eigenvalue weighted by atomic mass is 9.80. The van der Waals surface area contributed by atoms with Crippen LogP contribution in [0.15, 0.2) is 39.4 Å². The fourth-order valence-corrected chi connectivity index (χ4v) is 4.36. The van der Waals surface area contributed by atoms with Crippen LogP contribution in [0.2, 0.25) is 0 Å². The van der Waals surface area contributed by atoms with Gasteiger partial charge in [0.05, 0.1) is 22.3 Å². The SMILES string of the molecule is Cc1ccc([S@](=O)[C@]23N=N[C@H](C)[C@@]2(C)COC3=O)cc1. The highest BCUT2D eigenvalue weighted by Gasteiger charge is 2.70. The van der Waals surface area contributed by atoms with E-state index in [0.29, 0.717) is 4.90 Å². The number of azo groups is 1. The van der Waals surface area contributed by atoms with Crippen LogP contribution in [0.25, 0.3) is 0 Å². The molecule has 2 aliphatic rings. The summed E-state index contributed by atoms with van der Waals surface area (Å²) < 4.78 is 18.2. The maximum atomic E-state index is 13.0. The number of benzene rings is 1. The molecule has 6 heteroatoms. The third kappa shape index (κ3) is 1.48. The number of nitrogens with zero attached hydrogens (tertiary/aromatic N) is 2. The Morgan fingerprint density at radius 2 is 2.00 bits per heavy atom. The Bertz CT molecular complexity index is 628. The van der Waals surface area contributed by atoms with Crippen LogP contribution in [0, 0.1) is 12.3 Å². The fraction of sp³-hybridized carbons (Fsp3) is 0.500. The van der Waals surface area contributed by atoms with Gasteiger partial charge in [0.15, 0.2) is 0 Å². The lowest BCUT2D eigenvalue weighted by Gasteiger charge is -2.30. The summed E-state index contributed by atoms with van der Waals surface area (Å²) >= 11 is 0. The van der Waals surface area contributed by atoms with Gasteiger partial charge >= 0.3 is 5.97 Å². The van der Waals surface area contributed by atoms with Crippen molar-refractivity contribution in [3.63, 3.8) is 0 Å². The first-order chi connectivity index (χ1) is 9.42. The smallest absolute Gasteiger partial charge is 0.350 e. The van der Waals surface area contributed by atoms with Crippen molar-refractivity contribution in [2.45, 2.75) is 36.6 Å². The predicted molar refractivity (Wildman–Crippen MR) is 73.7 cm³/mol. The fourth-order valence-electron chi connectivity index (χ4n) is 2.66. The van der Waals surface area contributed by atoms with Crippen LogP contribution in [0.1, 0.15) is 19.4 Å². The number of ether oxygens (including phenoxy) is 1. The Morgan fingerprint density at radius 1 is 1.35 bits per heavy atom. The van der Waals surface area contributed by atoms with E-state index in [1.54, 1.807) is 12.1 Å². The molecule has 5 nitrogen and oxygen atoms in total.